The maximum absolute atomic E-state index is 13.6. The highest BCUT2D eigenvalue weighted by molar-refractivity contribution is 5.81. The van der Waals surface area contributed by atoms with E-state index >= 15 is 0 Å². The summed E-state index contributed by atoms with van der Waals surface area (Å²) in [4.78, 5) is 29.4. The van der Waals surface area contributed by atoms with Crippen molar-refractivity contribution in [1.82, 2.24) is 9.80 Å². The van der Waals surface area contributed by atoms with Crippen LogP contribution >= 0.6 is 0 Å². The van der Waals surface area contributed by atoms with Crippen molar-refractivity contribution < 1.29 is 18.7 Å². The van der Waals surface area contributed by atoms with Crippen molar-refractivity contribution in [3.8, 4) is 5.75 Å². The zero-order valence-corrected chi connectivity index (χ0v) is 19.0. The molecule has 2 aromatic rings. The van der Waals surface area contributed by atoms with Gasteiger partial charge in [0.15, 0.2) is 6.10 Å². The van der Waals surface area contributed by atoms with Crippen LogP contribution in [0.4, 0.5) is 4.39 Å². The van der Waals surface area contributed by atoms with Gasteiger partial charge in [0.1, 0.15) is 11.6 Å². The molecular formula is C26H31FN2O3. The maximum atomic E-state index is 13.6. The third-order valence-electron chi connectivity index (χ3n) is 6.39. The molecule has 0 aliphatic carbocycles. The number of likely N-dealkylation sites (tertiary alicyclic amines) is 1. The predicted octanol–water partition coefficient (Wildman–Crippen LogP) is 4.35. The van der Waals surface area contributed by atoms with E-state index in [1.165, 1.54) is 12.1 Å². The second-order valence-corrected chi connectivity index (χ2v) is 9.04. The van der Waals surface area contributed by atoms with Crippen LogP contribution in [0.25, 0.3) is 0 Å². The normalized spacial score (nSPS) is 19.1. The Labute approximate surface area is 189 Å². The van der Waals surface area contributed by atoms with Crippen molar-refractivity contribution in [2.24, 2.45) is 5.92 Å². The number of hydrogen-bond donors (Lipinski definition) is 0. The molecule has 4 rings (SSSR count). The quantitative estimate of drug-likeness (QED) is 0.698. The number of halogens is 1. The fourth-order valence-corrected chi connectivity index (χ4v) is 4.69. The summed E-state index contributed by atoms with van der Waals surface area (Å²) in [6.45, 7) is 7.75. The summed E-state index contributed by atoms with van der Waals surface area (Å²) in [6.07, 6.45) is 2.24. The van der Waals surface area contributed by atoms with E-state index in [4.69, 9.17) is 4.74 Å². The Morgan fingerprint density at radius 2 is 1.66 bits per heavy atom. The first-order valence-corrected chi connectivity index (χ1v) is 11.5. The summed E-state index contributed by atoms with van der Waals surface area (Å²) in [5.74, 6) is 0.227. The number of carbonyl (C=O) groups excluding carboxylic acids is 2. The van der Waals surface area contributed by atoms with E-state index in [2.05, 4.69) is 0 Å². The van der Waals surface area contributed by atoms with E-state index in [0.29, 0.717) is 12.3 Å². The van der Waals surface area contributed by atoms with E-state index < -0.39 is 6.10 Å². The third kappa shape index (κ3) is 4.50. The smallest absolute Gasteiger partial charge is 0.263 e. The van der Waals surface area contributed by atoms with Gasteiger partial charge < -0.3 is 14.5 Å². The number of amides is 2. The van der Waals surface area contributed by atoms with E-state index in [1.54, 1.807) is 19.1 Å². The molecule has 0 bridgehead atoms. The number of rotatable bonds is 5. The van der Waals surface area contributed by atoms with Crippen LogP contribution in [0.1, 0.15) is 56.3 Å². The van der Waals surface area contributed by atoms with Gasteiger partial charge in [-0.25, -0.2) is 4.39 Å². The molecule has 2 aliphatic rings. The number of carbonyl (C=O) groups is 2. The molecule has 2 heterocycles. The van der Waals surface area contributed by atoms with Gasteiger partial charge in [-0.15, -0.1) is 0 Å². The standard InChI is InChI=1S/C26H31FN2O3/c1-17(2)25(30)29-15-12-19-8-11-22(32-18(3)26(31)28-13-4-5-14-28)16-23(19)24(29)20-6-9-21(27)10-7-20/h6-11,16-18,24H,4-5,12-15H2,1-3H3. The van der Waals surface area contributed by atoms with Crippen LogP contribution in [0.3, 0.4) is 0 Å². The Hall–Kier alpha value is -2.89. The Bertz CT molecular complexity index is 983. The molecule has 0 N–H and O–H groups in total. The molecule has 2 aromatic carbocycles. The molecule has 1 fully saturated rings. The summed E-state index contributed by atoms with van der Waals surface area (Å²) in [5, 5.41) is 0. The zero-order valence-electron chi connectivity index (χ0n) is 19.0. The minimum Gasteiger partial charge on any atom is -0.481 e. The Kier molecular flexibility index (Phi) is 6.49. The number of ether oxygens (including phenoxy) is 1. The molecule has 2 amide bonds. The third-order valence-corrected chi connectivity index (χ3v) is 6.39. The summed E-state index contributed by atoms with van der Waals surface area (Å²) < 4.78 is 19.7. The largest absolute Gasteiger partial charge is 0.481 e. The summed E-state index contributed by atoms with van der Waals surface area (Å²) in [5.41, 5.74) is 2.97. The maximum Gasteiger partial charge on any atom is 0.263 e. The second-order valence-electron chi connectivity index (χ2n) is 9.04. The summed E-state index contributed by atoms with van der Waals surface area (Å²) in [7, 11) is 0. The lowest BCUT2D eigenvalue weighted by Gasteiger charge is -2.39. The van der Waals surface area contributed by atoms with Gasteiger partial charge in [0.2, 0.25) is 5.91 Å². The first-order chi connectivity index (χ1) is 15.3. The predicted molar refractivity (Wildman–Crippen MR) is 121 cm³/mol. The van der Waals surface area contributed by atoms with E-state index in [9.17, 15) is 14.0 Å². The van der Waals surface area contributed by atoms with Crippen LogP contribution in [0.5, 0.6) is 5.75 Å². The number of fused-ring (bicyclic) bond motifs is 1. The molecule has 0 radical (unpaired) electrons. The fourth-order valence-electron chi connectivity index (χ4n) is 4.69. The van der Waals surface area contributed by atoms with Crippen LogP contribution in [0.15, 0.2) is 42.5 Å². The molecule has 6 heteroatoms. The lowest BCUT2D eigenvalue weighted by atomic mass is 9.87. The zero-order chi connectivity index (χ0) is 22.8. The minimum atomic E-state index is -0.576. The first-order valence-electron chi connectivity index (χ1n) is 11.5. The molecule has 2 atom stereocenters. The SMILES string of the molecule is CC(C)C(=O)N1CCc2ccc(OC(C)C(=O)N3CCCC3)cc2C1c1ccc(F)cc1. The minimum absolute atomic E-state index is 0.00640. The van der Waals surface area contributed by atoms with Gasteiger partial charge >= 0.3 is 0 Å². The van der Waals surface area contributed by atoms with Crippen molar-refractivity contribution >= 4 is 11.8 Å². The lowest BCUT2D eigenvalue weighted by molar-refractivity contribution is -0.137. The Morgan fingerprint density at radius 1 is 0.969 bits per heavy atom. The molecule has 0 saturated carbocycles. The van der Waals surface area contributed by atoms with Gasteiger partial charge in [-0.05, 0) is 67.1 Å². The van der Waals surface area contributed by atoms with Crippen LogP contribution in [-0.4, -0.2) is 47.4 Å². The van der Waals surface area contributed by atoms with Crippen LogP contribution in [0, 0.1) is 11.7 Å². The number of nitrogens with zero attached hydrogens (tertiary/aromatic N) is 2. The van der Waals surface area contributed by atoms with Crippen molar-refractivity contribution in [3.05, 3.63) is 65.0 Å². The van der Waals surface area contributed by atoms with Gasteiger partial charge in [-0.3, -0.25) is 9.59 Å². The summed E-state index contributed by atoms with van der Waals surface area (Å²) >= 11 is 0. The molecular weight excluding hydrogens is 407 g/mol. The van der Waals surface area contributed by atoms with Gasteiger partial charge in [-0.2, -0.15) is 0 Å². The molecule has 32 heavy (non-hydrogen) atoms. The second kappa shape index (κ2) is 9.31. The van der Waals surface area contributed by atoms with E-state index in [1.807, 2.05) is 41.8 Å². The summed E-state index contributed by atoms with van der Waals surface area (Å²) in [6, 6.07) is 11.9. The van der Waals surface area contributed by atoms with Gasteiger partial charge in [0.05, 0.1) is 6.04 Å². The molecule has 2 aliphatic heterocycles. The van der Waals surface area contributed by atoms with Crippen molar-refractivity contribution in [2.45, 2.75) is 52.2 Å². The van der Waals surface area contributed by atoms with Crippen LogP contribution < -0.4 is 4.74 Å². The number of benzene rings is 2. The molecule has 0 spiro atoms. The van der Waals surface area contributed by atoms with Gasteiger partial charge in [0.25, 0.3) is 5.91 Å². The fraction of sp³-hybridized carbons (Fsp3) is 0.462. The average Bonchev–Trinajstić information content (AvgIpc) is 3.32. The molecule has 1 saturated heterocycles. The van der Waals surface area contributed by atoms with Gasteiger partial charge in [0, 0.05) is 25.6 Å². The highest BCUT2D eigenvalue weighted by atomic mass is 19.1. The molecule has 2 unspecified atom stereocenters. The van der Waals surface area contributed by atoms with Crippen LogP contribution in [0.2, 0.25) is 0 Å². The molecule has 0 aromatic heterocycles. The van der Waals surface area contributed by atoms with E-state index in [-0.39, 0.29) is 29.6 Å². The monoisotopic (exact) mass is 438 g/mol. The lowest BCUT2D eigenvalue weighted by Crippen LogP contribution is -2.42. The van der Waals surface area contributed by atoms with Crippen molar-refractivity contribution in [1.29, 1.82) is 0 Å². The molecule has 170 valence electrons. The topological polar surface area (TPSA) is 49.9 Å². The first kappa shape index (κ1) is 22.3. The van der Waals surface area contributed by atoms with Gasteiger partial charge in [-0.1, -0.05) is 32.0 Å². The van der Waals surface area contributed by atoms with Crippen molar-refractivity contribution in [3.63, 3.8) is 0 Å². The Balaban J connectivity index is 1.66. The van der Waals surface area contributed by atoms with Crippen molar-refractivity contribution in [2.75, 3.05) is 19.6 Å². The number of hydrogen-bond acceptors (Lipinski definition) is 3. The highest BCUT2D eigenvalue weighted by Crippen LogP contribution is 2.38. The Morgan fingerprint density at radius 3 is 2.31 bits per heavy atom. The van der Waals surface area contributed by atoms with Crippen LogP contribution in [-0.2, 0) is 16.0 Å². The molecule has 5 nitrogen and oxygen atoms in total. The average molecular weight is 439 g/mol. The van der Waals surface area contributed by atoms with E-state index in [0.717, 1.165) is 49.0 Å². The highest BCUT2D eigenvalue weighted by Gasteiger charge is 2.34.